The molecule has 1 aliphatic rings. The van der Waals surface area contributed by atoms with Gasteiger partial charge in [0, 0.05) is 22.9 Å². The molecule has 3 aromatic rings. The number of hydrogen-bond acceptors (Lipinski definition) is 4. The largest absolute Gasteiger partial charge is 0.465 e. The summed E-state index contributed by atoms with van der Waals surface area (Å²) in [7, 11) is -3.26. The molecule has 0 spiro atoms. The molecule has 1 aliphatic carbocycles. The molecule has 0 atom stereocenters. The number of amides is 1. The number of sulfone groups is 1. The highest BCUT2D eigenvalue weighted by Gasteiger charge is 2.17. The number of benzene rings is 1. The standard InChI is InChI=1S/C22H23N3O4S/c1-30(28,29)18-8-6-15(7-9-18)19(10-14-4-2-3-5-14)20-12-16-11-17(24-22(26)27)13-23-21(16)25-20/h6-14,24H,2-5H2,1H3,(H,23,25)(H,26,27). The molecule has 2 heterocycles. The number of carbonyl (C=O) groups is 1. The molecule has 0 bridgehead atoms. The molecule has 7 nitrogen and oxygen atoms in total. The predicted octanol–water partition coefficient (Wildman–Crippen LogP) is 4.68. The van der Waals surface area contributed by atoms with Crippen molar-refractivity contribution in [1.82, 2.24) is 9.97 Å². The van der Waals surface area contributed by atoms with Crippen LogP contribution in [0.3, 0.4) is 0 Å². The lowest BCUT2D eigenvalue weighted by Crippen LogP contribution is -2.07. The third-order valence-electron chi connectivity index (χ3n) is 5.41. The van der Waals surface area contributed by atoms with Gasteiger partial charge in [-0.25, -0.2) is 18.2 Å². The second-order valence-corrected chi connectivity index (χ2v) is 9.71. The zero-order chi connectivity index (χ0) is 21.3. The van der Waals surface area contributed by atoms with E-state index in [0.29, 0.717) is 17.3 Å². The van der Waals surface area contributed by atoms with E-state index in [1.807, 2.05) is 18.2 Å². The topological polar surface area (TPSA) is 112 Å². The summed E-state index contributed by atoms with van der Waals surface area (Å²) in [6.45, 7) is 0. The second kappa shape index (κ2) is 7.95. The number of aromatic nitrogens is 2. The normalized spacial score (nSPS) is 15.6. The quantitative estimate of drug-likeness (QED) is 0.549. The minimum atomic E-state index is -3.26. The van der Waals surface area contributed by atoms with E-state index in [2.05, 4.69) is 21.4 Å². The monoisotopic (exact) mass is 425 g/mol. The van der Waals surface area contributed by atoms with Gasteiger partial charge in [-0.2, -0.15) is 0 Å². The fraction of sp³-hybridized carbons (Fsp3) is 0.273. The van der Waals surface area contributed by atoms with Crippen LogP contribution in [0.2, 0.25) is 0 Å². The van der Waals surface area contributed by atoms with E-state index in [1.165, 1.54) is 25.3 Å². The van der Waals surface area contributed by atoms with Crippen molar-refractivity contribution in [3.8, 4) is 0 Å². The molecular weight excluding hydrogens is 402 g/mol. The summed E-state index contributed by atoms with van der Waals surface area (Å²) in [5.41, 5.74) is 3.84. The first-order chi connectivity index (χ1) is 14.3. The zero-order valence-corrected chi connectivity index (χ0v) is 17.4. The molecule has 1 aromatic carbocycles. The van der Waals surface area contributed by atoms with E-state index in [4.69, 9.17) is 5.11 Å². The Morgan fingerprint density at radius 2 is 1.90 bits per heavy atom. The van der Waals surface area contributed by atoms with Crippen molar-refractivity contribution >= 4 is 38.2 Å². The summed E-state index contributed by atoms with van der Waals surface area (Å²) in [6, 6.07) is 10.6. The molecule has 1 saturated carbocycles. The molecule has 0 aliphatic heterocycles. The highest BCUT2D eigenvalue weighted by Crippen LogP contribution is 2.33. The fourth-order valence-corrected chi connectivity index (χ4v) is 4.57. The Kier molecular flexibility index (Phi) is 5.34. The van der Waals surface area contributed by atoms with Crippen molar-refractivity contribution in [2.75, 3.05) is 11.6 Å². The number of H-pyrrole nitrogens is 1. The van der Waals surface area contributed by atoms with Gasteiger partial charge in [0.2, 0.25) is 0 Å². The van der Waals surface area contributed by atoms with Crippen LogP contribution < -0.4 is 5.32 Å². The number of carboxylic acid groups (broad SMARTS) is 1. The second-order valence-electron chi connectivity index (χ2n) is 7.70. The van der Waals surface area contributed by atoms with Gasteiger partial charge in [-0.1, -0.05) is 31.1 Å². The van der Waals surface area contributed by atoms with Gasteiger partial charge in [-0.05, 0) is 48.6 Å². The van der Waals surface area contributed by atoms with Gasteiger partial charge in [-0.3, -0.25) is 5.32 Å². The van der Waals surface area contributed by atoms with Crippen molar-refractivity contribution in [3.63, 3.8) is 0 Å². The van der Waals surface area contributed by atoms with Gasteiger partial charge >= 0.3 is 6.09 Å². The van der Waals surface area contributed by atoms with Crippen LogP contribution in [0, 0.1) is 5.92 Å². The Hall–Kier alpha value is -3.13. The number of pyridine rings is 1. The molecule has 8 heteroatoms. The van der Waals surface area contributed by atoms with Crippen LogP contribution in [-0.4, -0.2) is 35.8 Å². The summed E-state index contributed by atoms with van der Waals surface area (Å²) in [6.07, 6.45) is 8.47. The molecule has 0 unspecified atom stereocenters. The summed E-state index contributed by atoms with van der Waals surface area (Å²) in [5, 5.41) is 12.0. The van der Waals surface area contributed by atoms with E-state index in [0.717, 1.165) is 35.1 Å². The molecule has 30 heavy (non-hydrogen) atoms. The number of anilines is 1. The van der Waals surface area contributed by atoms with Gasteiger partial charge in [0.05, 0.1) is 16.8 Å². The number of fused-ring (bicyclic) bond motifs is 1. The van der Waals surface area contributed by atoms with Gasteiger partial charge < -0.3 is 10.1 Å². The fourth-order valence-electron chi connectivity index (χ4n) is 3.94. The van der Waals surface area contributed by atoms with E-state index in [9.17, 15) is 13.2 Å². The molecule has 1 fully saturated rings. The van der Waals surface area contributed by atoms with Crippen molar-refractivity contribution < 1.29 is 18.3 Å². The van der Waals surface area contributed by atoms with Crippen LogP contribution in [0.25, 0.3) is 16.6 Å². The first-order valence-corrected chi connectivity index (χ1v) is 11.7. The maximum absolute atomic E-state index is 11.8. The van der Waals surface area contributed by atoms with Gasteiger partial charge in [0.1, 0.15) is 5.65 Å². The van der Waals surface area contributed by atoms with Gasteiger partial charge in [-0.15, -0.1) is 0 Å². The highest BCUT2D eigenvalue weighted by atomic mass is 32.2. The molecule has 1 amide bonds. The van der Waals surface area contributed by atoms with Crippen molar-refractivity contribution in [2.45, 2.75) is 30.6 Å². The first kappa shape index (κ1) is 20.2. The Balaban J connectivity index is 1.77. The zero-order valence-electron chi connectivity index (χ0n) is 16.6. The number of allylic oxidation sites excluding steroid dienone is 1. The van der Waals surface area contributed by atoms with Crippen molar-refractivity contribution in [3.05, 3.63) is 59.9 Å². The van der Waals surface area contributed by atoms with Crippen molar-refractivity contribution in [1.29, 1.82) is 0 Å². The maximum atomic E-state index is 11.8. The Morgan fingerprint density at radius 3 is 2.53 bits per heavy atom. The molecule has 156 valence electrons. The third kappa shape index (κ3) is 4.38. The van der Waals surface area contributed by atoms with Crippen LogP contribution in [0.4, 0.5) is 10.5 Å². The maximum Gasteiger partial charge on any atom is 0.409 e. The molecule has 0 saturated heterocycles. The average Bonchev–Trinajstić information content (AvgIpc) is 3.34. The Labute approximate surface area is 174 Å². The number of rotatable bonds is 5. The average molecular weight is 426 g/mol. The number of nitrogens with one attached hydrogen (secondary N) is 2. The van der Waals surface area contributed by atoms with E-state index in [-0.39, 0.29) is 4.90 Å². The van der Waals surface area contributed by atoms with E-state index >= 15 is 0 Å². The molecular formula is C22H23N3O4S. The third-order valence-corrected chi connectivity index (χ3v) is 6.54. The van der Waals surface area contributed by atoms with Crippen LogP contribution in [0.5, 0.6) is 0 Å². The predicted molar refractivity (Wildman–Crippen MR) is 116 cm³/mol. The summed E-state index contributed by atoms with van der Waals surface area (Å²) < 4.78 is 23.6. The SMILES string of the molecule is CS(=O)(=O)c1ccc(C(=CC2CCCC2)c2cc3cc(NC(=O)O)cnc3[nH]2)cc1. The number of hydrogen-bond donors (Lipinski definition) is 3. The van der Waals surface area contributed by atoms with Crippen molar-refractivity contribution in [2.24, 2.45) is 5.92 Å². The van der Waals surface area contributed by atoms with Crippen LogP contribution >= 0.6 is 0 Å². The van der Waals surface area contributed by atoms with E-state index < -0.39 is 15.9 Å². The summed E-state index contributed by atoms with van der Waals surface area (Å²) >= 11 is 0. The molecule has 0 radical (unpaired) electrons. The minimum Gasteiger partial charge on any atom is -0.465 e. The summed E-state index contributed by atoms with van der Waals surface area (Å²) in [5.74, 6) is 0.471. The molecule has 3 N–H and O–H groups in total. The summed E-state index contributed by atoms with van der Waals surface area (Å²) in [4.78, 5) is 18.8. The van der Waals surface area contributed by atoms with E-state index in [1.54, 1.807) is 18.2 Å². The number of aromatic amines is 1. The lowest BCUT2D eigenvalue weighted by Gasteiger charge is -2.11. The number of nitrogens with zero attached hydrogens (tertiary/aromatic N) is 1. The molecule has 4 rings (SSSR count). The smallest absolute Gasteiger partial charge is 0.409 e. The highest BCUT2D eigenvalue weighted by molar-refractivity contribution is 7.90. The Morgan fingerprint density at radius 1 is 1.20 bits per heavy atom. The first-order valence-electron chi connectivity index (χ1n) is 9.81. The lowest BCUT2D eigenvalue weighted by molar-refractivity contribution is 0.209. The minimum absolute atomic E-state index is 0.286. The van der Waals surface area contributed by atoms with Gasteiger partial charge in [0.25, 0.3) is 0 Å². The van der Waals surface area contributed by atoms with Crippen LogP contribution in [-0.2, 0) is 9.84 Å². The van der Waals surface area contributed by atoms with Gasteiger partial charge in [0.15, 0.2) is 9.84 Å². The van der Waals surface area contributed by atoms with Crippen LogP contribution in [0.15, 0.2) is 53.6 Å². The lowest BCUT2D eigenvalue weighted by atomic mass is 9.96. The molecule has 2 aromatic heterocycles. The van der Waals surface area contributed by atoms with Crippen LogP contribution in [0.1, 0.15) is 36.9 Å². The Bertz CT molecular complexity index is 1220.